The third-order valence-corrected chi connectivity index (χ3v) is 3.89. The van der Waals surface area contributed by atoms with Crippen LogP contribution in [-0.4, -0.2) is 15.1 Å². The van der Waals surface area contributed by atoms with Gasteiger partial charge >= 0.3 is 0 Å². The smallest absolute Gasteiger partial charge is 0.165 e. The second-order valence-electron chi connectivity index (χ2n) is 5.09. The van der Waals surface area contributed by atoms with Crippen LogP contribution in [0.4, 0.5) is 4.39 Å². The van der Waals surface area contributed by atoms with Gasteiger partial charge in [0.05, 0.1) is 0 Å². The van der Waals surface area contributed by atoms with Crippen LogP contribution in [0.2, 0.25) is 5.15 Å². The van der Waals surface area contributed by atoms with Crippen LogP contribution < -0.4 is 0 Å². The van der Waals surface area contributed by atoms with Crippen LogP contribution in [-0.2, 0) is 0 Å². The van der Waals surface area contributed by atoms with E-state index >= 15 is 0 Å². The quantitative estimate of drug-likeness (QED) is 0.840. The molecule has 0 amide bonds. The van der Waals surface area contributed by atoms with Gasteiger partial charge in [0.2, 0.25) is 0 Å². The molecule has 1 fully saturated rings. The summed E-state index contributed by atoms with van der Waals surface area (Å²) in [5, 5.41) is 9.60. The fraction of sp³-hybridized carbons (Fsp3) is 0.333. The highest BCUT2D eigenvalue weighted by Crippen LogP contribution is 2.34. The Labute approximate surface area is 121 Å². The maximum absolute atomic E-state index is 13.4. The van der Waals surface area contributed by atoms with Crippen molar-refractivity contribution in [1.29, 1.82) is 0 Å². The van der Waals surface area contributed by atoms with Crippen LogP contribution in [0.5, 0.6) is 5.75 Å². The highest BCUT2D eigenvalue weighted by atomic mass is 35.5. The summed E-state index contributed by atoms with van der Waals surface area (Å²) < 4.78 is 13.4. The Morgan fingerprint density at radius 2 is 1.90 bits per heavy atom. The number of rotatable bonds is 2. The first-order valence-electron chi connectivity index (χ1n) is 6.67. The van der Waals surface area contributed by atoms with Crippen LogP contribution in [0.3, 0.4) is 0 Å². The summed E-state index contributed by atoms with van der Waals surface area (Å²) in [7, 11) is 0. The van der Waals surface area contributed by atoms with Gasteiger partial charge < -0.3 is 5.11 Å². The molecular formula is C15H14ClFN2O. The normalized spacial score (nSPS) is 15.7. The molecule has 20 heavy (non-hydrogen) atoms. The molecule has 1 aliphatic carbocycles. The summed E-state index contributed by atoms with van der Waals surface area (Å²) in [5.41, 5.74) is 1.44. The van der Waals surface area contributed by atoms with E-state index in [1.54, 1.807) is 12.1 Å². The highest BCUT2D eigenvalue weighted by Gasteiger charge is 2.20. The average molecular weight is 293 g/mol. The largest absolute Gasteiger partial charge is 0.505 e. The predicted octanol–water partition coefficient (Wildman–Crippen LogP) is 4.30. The lowest BCUT2D eigenvalue weighted by atomic mass is 10.0. The van der Waals surface area contributed by atoms with E-state index in [1.807, 2.05) is 0 Å². The lowest BCUT2D eigenvalue weighted by Gasteiger charge is -2.10. The molecule has 1 aromatic heterocycles. The second kappa shape index (κ2) is 5.37. The van der Waals surface area contributed by atoms with Gasteiger partial charge in [-0.2, -0.15) is 0 Å². The number of halogens is 2. The fourth-order valence-electron chi connectivity index (χ4n) is 2.64. The van der Waals surface area contributed by atoms with E-state index in [2.05, 4.69) is 9.97 Å². The van der Waals surface area contributed by atoms with Crippen LogP contribution >= 0.6 is 11.6 Å². The number of hydrogen-bond donors (Lipinski definition) is 1. The summed E-state index contributed by atoms with van der Waals surface area (Å²) in [6.45, 7) is 0. The molecule has 1 saturated carbocycles. The minimum Gasteiger partial charge on any atom is -0.505 e. The first kappa shape index (κ1) is 13.3. The van der Waals surface area contributed by atoms with E-state index < -0.39 is 5.82 Å². The number of hydrogen-bond acceptors (Lipinski definition) is 3. The van der Waals surface area contributed by atoms with Crippen molar-refractivity contribution in [2.45, 2.75) is 31.6 Å². The van der Waals surface area contributed by atoms with Crippen LogP contribution in [0.25, 0.3) is 11.4 Å². The number of phenolic OH excluding ortho intramolecular Hbond substituents is 1. The molecule has 2 aromatic rings. The van der Waals surface area contributed by atoms with Gasteiger partial charge in [-0.25, -0.2) is 14.4 Å². The van der Waals surface area contributed by atoms with Crippen molar-refractivity contribution in [2.75, 3.05) is 0 Å². The van der Waals surface area contributed by atoms with Gasteiger partial charge in [0.1, 0.15) is 5.15 Å². The summed E-state index contributed by atoms with van der Waals surface area (Å²) in [6.07, 6.45) is 4.62. The van der Waals surface area contributed by atoms with Gasteiger partial charge in [-0.3, -0.25) is 0 Å². The molecule has 0 aliphatic heterocycles. The summed E-state index contributed by atoms with van der Waals surface area (Å²) in [4.78, 5) is 8.67. The first-order valence-corrected chi connectivity index (χ1v) is 7.04. The van der Waals surface area contributed by atoms with Crippen molar-refractivity contribution < 1.29 is 9.50 Å². The number of benzene rings is 1. The van der Waals surface area contributed by atoms with E-state index in [0.29, 0.717) is 22.5 Å². The van der Waals surface area contributed by atoms with Crippen LogP contribution in [0.1, 0.15) is 37.3 Å². The fourth-order valence-corrected chi connectivity index (χ4v) is 2.83. The average Bonchev–Trinajstić information content (AvgIpc) is 2.95. The van der Waals surface area contributed by atoms with E-state index in [0.717, 1.165) is 18.5 Å². The molecule has 3 rings (SSSR count). The summed E-state index contributed by atoms with van der Waals surface area (Å²) >= 11 is 6.06. The van der Waals surface area contributed by atoms with Crippen molar-refractivity contribution in [3.63, 3.8) is 0 Å². The number of aromatic nitrogens is 2. The molecule has 0 saturated heterocycles. The Morgan fingerprint density at radius 1 is 1.15 bits per heavy atom. The van der Waals surface area contributed by atoms with E-state index in [1.165, 1.54) is 25.0 Å². The number of aromatic hydroxyl groups is 1. The number of nitrogens with zero attached hydrogens (tertiary/aromatic N) is 2. The Balaban J connectivity index is 2.02. The first-order chi connectivity index (χ1) is 9.63. The molecule has 104 valence electrons. The minimum atomic E-state index is -0.687. The molecule has 1 aliphatic rings. The van der Waals surface area contributed by atoms with Crippen LogP contribution in [0.15, 0.2) is 24.3 Å². The monoisotopic (exact) mass is 292 g/mol. The second-order valence-corrected chi connectivity index (χ2v) is 5.47. The molecule has 1 heterocycles. The van der Waals surface area contributed by atoms with E-state index in [4.69, 9.17) is 11.6 Å². The zero-order chi connectivity index (χ0) is 14.1. The molecule has 0 radical (unpaired) electrons. The van der Waals surface area contributed by atoms with Crippen molar-refractivity contribution in [2.24, 2.45) is 0 Å². The maximum atomic E-state index is 13.4. The Morgan fingerprint density at radius 3 is 2.60 bits per heavy atom. The molecule has 0 bridgehead atoms. The molecular weight excluding hydrogens is 279 g/mol. The summed E-state index contributed by atoms with van der Waals surface area (Å²) in [5.74, 6) is -0.255. The van der Waals surface area contributed by atoms with Crippen molar-refractivity contribution in [1.82, 2.24) is 9.97 Å². The molecule has 0 unspecified atom stereocenters. The lowest BCUT2D eigenvalue weighted by molar-refractivity contribution is 0.432. The molecule has 0 spiro atoms. The molecule has 1 N–H and O–H groups in total. The van der Waals surface area contributed by atoms with Gasteiger partial charge in [-0.15, -0.1) is 0 Å². The SMILES string of the molecule is Oc1ccc(-c2nc(Cl)cc(C3CCCC3)n2)cc1F. The highest BCUT2D eigenvalue weighted by molar-refractivity contribution is 6.29. The molecule has 0 atom stereocenters. The Bertz CT molecular complexity index is 642. The topological polar surface area (TPSA) is 46.0 Å². The third kappa shape index (κ3) is 2.61. The maximum Gasteiger partial charge on any atom is 0.165 e. The molecule has 3 nitrogen and oxygen atoms in total. The molecule has 1 aromatic carbocycles. The minimum absolute atomic E-state index is 0.366. The van der Waals surface area contributed by atoms with Crippen molar-refractivity contribution in [3.05, 3.63) is 40.9 Å². The zero-order valence-electron chi connectivity index (χ0n) is 10.8. The Hall–Kier alpha value is -1.68. The molecule has 5 heteroatoms. The van der Waals surface area contributed by atoms with Gasteiger partial charge in [0, 0.05) is 17.2 Å². The summed E-state index contributed by atoms with van der Waals surface area (Å²) in [6, 6.07) is 5.89. The van der Waals surface area contributed by atoms with Gasteiger partial charge in [0.15, 0.2) is 17.4 Å². The van der Waals surface area contributed by atoms with E-state index in [9.17, 15) is 9.50 Å². The van der Waals surface area contributed by atoms with Crippen LogP contribution in [0, 0.1) is 5.82 Å². The zero-order valence-corrected chi connectivity index (χ0v) is 11.6. The standard InChI is InChI=1S/C15H14ClFN2O/c16-14-8-12(9-3-1-2-4-9)18-15(19-14)10-5-6-13(20)11(17)7-10/h5-9,20H,1-4H2. The van der Waals surface area contributed by atoms with Gasteiger partial charge in [-0.05, 0) is 37.1 Å². The van der Waals surface area contributed by atoms with E-state index in [-0.39, 0.29) is 5.75 Å². The Kier molecular flexibility index (Phi) is 3.57. The predicted molar refractivity (Wildman–Crippen MR) is 75.3 cm³/mol. The van der Waals surface area contributed by atoms with Gasteiger partial charge in [-0.1, -0.05) is 24.4 Å². The number of phenols is 1. The lowest BCUT2D eigenvalue weighted by Crippen LogP contribution is -2.00. The van der Waals surface area contributed by atoms with Gasteiger partial charge in [0.25, 0.3) is 0 Å². The van der Waals surface area contributed by atoms with Crippen molar-refractivity contribution >= 4 is 11.6 Å². The third-order valence-electron chi connectivity index (χ3n) is 3.69. The van der Waals surface area contributed by atoms with Crippen molar-refractivity contribution in [3.8, 4) is 17.1 Å².